The summed E-state index contributed by atoms with van der Waals surface area (Å²) in [5, 5.41) is 9.30. The Morgan fingerprint density at radius 3 is 2.55 bits per heavy atom. The van der Waals surface area contributed by atoms with E-state index >= 15 is 0 Å². The molecule has 174 valence electrons. The zero-order valence-electron chi connectivity index (χ0n) is 18.2. The number of fused-ring (bicyclic) bond motifs is 1. The number of halogens is 3. The van der Waals surface area contributed by atoms with Crippen LogP contribution in [-0.4, -0.2) is 51.4 Å². The highest BCUT2D eigenvalue weighted by molar-refractivity contribution is 5.95. The molecule has 0 bridgehead atoms. The van der Waals surface area contributed by atoms with Gasteiger partial charge in [0.05, 0.1) is 18.7 Å². The van der Waals surface area contributed by atoms with Gasteiger partial charge in [-0.25, -0.2) is 4.98 Å². The minimum atomic E-state index is -4.15. The highest BCUT2D eigenvalue weighted by Crippen LogP contribution is 2.35. The lowest BCUT2D eigenvalue weighted by Gasteiger charge is -2.31. The zero-order valence-corrected chi connectivity index (χ0v) is 18.2. The van der Waals surface area contributed by atoms with Gasteiger partial charge in [-0.1, -0.05) is 12.1 Å². The Bertz CT molecular complexity index is 1150. The molecule has 1 aliphatic carbocycles. The van der Waals surface area contributed by atoms with E-state index in [4.69, 9.17) is 0 Å². The maximum atomic E-state index is 12.7. The topological polar surface area (TPSA) is 63.1 Å². The van der Waals surface area contributed by atoms with E-state index in [2.05, 4.69) is 27.7 Å². The van der Waals surface area contributed by atoms with Gasteiger partial charge in [0.2, 0.25) is 5.91 Å². The first kappa shape index (κ1) is 21.9. The molecular formula is C24H26F3N5O. The smallest absolute Gasteiger partial charge is 0.310 e. The number of benzene rings is 1. The number of nitrogens with one attached hydrogen (secondary N) is 1. The first-order valence-corrected chi connectivity index (χ1v) is 11.4. The van der Waals surface area contributed by atoms with Gasteiger partial charge in [0, 0.05) is 35.8 Å². The van der Waals surface area contributed by atoms with Crippen LogP contribution in [0.5, 0.6) is 0 Å². The summed E-state index contributed by atoms with van der Waals surface area (Å²) >= 11 is 0. The molecule has 0 unspecified atom stereocenters. The van der Waals surface area contributed by atoms with Gasteiger partial charge in [0.25, 0.3) is 0 Å². The summed E-state index contributed by atoms with van der Waals surface area (Å²) in [5.74, 6) is 0.140. The van der Waals surface area contributed by atoms with Crippen molar-refractivity contribution in [1.29, 1.82) is 0 Å². The van der Waals surface area contributed by atoms with E-state index in [0.29, 0.717) is 37.8 Å². The van der Waals surface area contributed by atoms with Crippen molar-refractivity contribution in [2.75, 3.05) is 25.0 Å². The number of carbonyl (C=O) groups is 1. The molecule has 1 aliphatic heterocycles. The number of pyridine rings is 1. The second kappa shape index (κ2) is 8.78. The van der Waals surface area contributed by atoms with Gasteiger partial charge in [0.1, 0.15) is 5.82 Å². The fourth-order valence-corrected chi connectivity index (χ4v) is 4.35. The third-order valence-corrected chi connectivity index (χ3v) is 6.50. The van der Waals surface area contributed by atoms with E-state index in [1.54, 1.807) is 11.1 Å². The predicted molar refractivity (Wildman–Crippen MR) is 120 cm³/mol. The van der Waals surface area contributed by atoms with E-state index in [0.717, 1.165) is 21.9 Å². The van der Waals surface area contributed by atoms with E-state index in [1.165, 1.54) is 12.8 Å². The molecular weight excluding hydrogens is 431 g/mol. The number of aromatic nitrogens is 3. The molecule has 0 atom stereocenters. The Balaban J connectivity index is 1.22. The van der Waals surface area contributed by atoms with Gasteiger partial charge in [-0.2, -0.15) is 18.3 Å². The van der Waals surface area contributed by atoms with Crippen molar-refractivity contribution >= 4 is 22.5 Å². The van der Waals surface area contributed by atoms with Crippen molar-refractivity contribution in [3.63, 3.8) is 0 Å². The van der Waals surface area contributed by atoms with Gasteiger partial charge in [-0.3, -0.25) is 9.48 Å². The number of hydrogen-bond acceptors (Lipinski definition) is 4. The van der Waals surface area contributed by atoms with Gasteiger partial charge < -0.3 is 10.2 Å². The Labute approximate surface area is 189 Å². The van der Waals surface area contributed by atoms with Crippen LogP contribution in [0.2, 0.25) is 0 Å². The number of likely N-dealkylation sites (tertiary alicyclic amines) is 1. The highest BCUT2D eigenvalue weighted by Gasteiger charge is 2.30. The number of anilines is 1. The van der Waals surface area contributed by atoms with Crippen LogP contribution < -0.4 is 5.32 Å². The molecule has 9 heteroatoms. The lowest BCUT2D eigenvalue weighted by Crippen LogP contribution is -2.39. The number of piperidine rings is 1. The molecule has 1 saturated carbocycles. The third-order valence-electron chi connectivity index (χ3n) is 6.50. The minimum absolute atomic E-state index is 0.00797. The van der Waals surface area contributed by atoms with Gasteiger partial charge in [-0.05, 0) is 61.9 Å². The largest absolute Gasteiger partial charge is 0.390 e. The van der Waals surface area contributed by atoms with Crippen molar-refractivity contribution in [2.45, 2.75) is 44.3 Å². The molecule has 2 fully saturated rings. The second-order valence-electron chi connectivity index (χ2n) is 9.04. The number of hydrogen-bond donors (Lipinski definition) is 1. The van der Waals surface area contributed by atoms with E-state index in [-0.39, 0.29) is 18.4 Å². The summed E-state index contributed by atoms with van der Waals surface area (Å²) in [6.07, 6.45) is 4.19. The molecule has 1 saturated heterocycles. The Morgan fingerprint density at radius 1 is 1.03 bits per heavy atom. The maximum Gasteiger partial charge on any atom is 0.390 e. The van der Waals surface area contributed by atoms with Crippen molar-refractivity contribution in [1.82, 2.24) is 19.7 Å². The van der Waals surface area contributed by atoms with Gasteiger partial charge in [0.15, 0.2) is 0 Å². The van der Waals surface area contributed by atoms with Crippen LogP contribution in [0.25, 0.3) is 21.9 Å². The molecule has 6 nitrogen and oxygen atoms in total. The summed E-state index contributed by atoms with van der Waals surface area (Å²) in [7, 11) is 0. The maximum absolute atomic E-state index is 12.7. The summed E-state index contributed by atoms with van der Waals surface area (Å²) in [4.78, 5) is 18.9. The van der Waals surface area contributed by atoms with E-state index in [9.17, 15) is 18.0 Å². The van der Waals surface area contributed by atoms with Crippen LogP contribution in [0, 0.1) is 5.92 Å². The molecule has 3 heterocycles. The third kappa shape index (κ3) is 5.35. The monoisotopic (exact) mass is 457 g/mol. The zero-order chi connectivity index (χ0) is 23.0. The average Bonchev–Trinajstić information content (AvgIpc) is 3.53. The van der Waals surface area contributed by atoms with Crippen LogP contribution in [0.3, 0.4) is 0 Å². The normalized spacial score (nSPS) is 18.0. The molecule has 1 aromatic carbocycles. The molecule has 2 aliphatic rings. The second-order valence-corrected chi connectivity index (χ2v) is 9.04. The summed E-state index contributed by atoms with van der Waals surface area (Å²) < 4.78 is 39.3. The number of nitrogens with zero attached hydrogens (tertiary/aromatic N) is 4. The fraction of sp³-hybridized carbons (Fsp3) is 0.458. The van der Waals surface area contributed by atoms with Crippen LogP contribution in [-0.2, 0) is 4.79 Å². The Morgan fingerprint density at radius 2 is 1.82 bits per heavy atom. The standard InChI is InChI=1S/C24H26F3N5O/c25-24(26,27)7-10-31-8-5-16(6-9-31)23(33)30-22-12-19-11-17(1-2-18(19)13-28-22)20-14-29-32(15-20)21-3-4-21/h1-2,11-16,21H,3-10H2,(H,28,30,33). The summed E-state index contributed by atoms with van der Waals surface area (Å²) in [6, 6.07) is 8.51. The molecule has 33 heavy (non-hydrogen) atoms. The average molecular weight is 458 g/mol. The Hall–Kier alpha value is -2.94. The molecule has 5 rings (SSSR count). The Kier molecular flexibility index (Phi) is 5.82. The lowest BCUT2D eigenvalue weighted by atomic mass is 9.95. The van der Waals surface area contributed by atoms with Crippen LogP contribution >= 0.6 is 0 Å². The first-order valence-electron chi connectivity index (χ1n) is 11.4. The number of alkyl halides is 3. The number of carbonyl (C=O) groups excluding carboxylic acids is 1. The van der Waals surface area contributed by atoms with Crippen molar-refractivity contribution in [2.24, 2.45) is 5.92 Å². The SMILES string of the molecule is O=C(Nc1cc2cc(-c3cnn(C4CC4)c3)ccc2cn1)C1CCN(CCC(F)(F)F)CC1. The molecule has 3 aromatic rings. The van der Waals surface area contributed by atoms with Crippen molar-refractivity contribution < 1.29 is 18.0 Å². The van der Waals surface area contributed by atoms with Gasteiger partial charge >= 0.3 is 6.18 Å². The highest BCUT2D eigenvalue weighted by atomic mass is 19.4. The van der Waals surface area contributed by atoms with E-state index in [1.807, 2.05) is 29.1 Å². The fourth-order valence-electron chi connectivity index (χ4n) is 4.35. The number of rotatable bonds is 6. The van der Waals surface area contributed by atoms with Crippen LogP contribution in [0.1, 0.15) is 38.1 Å². The number of amides is 1. The summed E-state index contributed by atoms with van der Waals surface area (Å²) in [5.41, 5.74) is 2.12. The molecule has 1 N–H and O–H groups in total. The first-order chi connectivity index (χ1) is 15.8. The van der Waals surface area contributed by atoms with Crippen molar-refractivity contribution in [3.8, 4) is 11.1 Å². The quantitative estimate of drug-likeness (QED) is 0.564. The van der Waals surface area contributed by atoms with Crippen LogP contribution in [0.4, 0.5) is 19.0 Å². The van der Waals surface area contributed by atoms with Gasteiger partial charge in [-0.15, -0.1) is 0 Å². The molecule has 1 amide bonds. The molecule has 0 spiro atoms. The predicted octanol–water partition coefficient (Wildman–Crippen LogP) is 5.04. The lowest BCUT2D eigenvalue weighted by molar-refractivity contribution is -0.139. The van der Waals surface area contributed by atoms with Crippen LogP contribution in [0.15, 0.2) is 42.9 Å². The van der Waals surface area contributed by atoms with E-state index < -0.39 is 12.6 Å². The molecule has 0 radical (unpaired) electrons. The molecule has 2 aromatic heterocycles. The van der Waals surface area contributed by atoms with Crippen molar-refractivity contribution in [3.05, 3.63) is 42.9 Å². The summed E-state index contributed by atoms with van der Waals surface area (Å²) in [6.45, 7) is 0.987. The minimum Gasteiger partial charge on any atom is -0.310 e.